The topological polar surface area (TPSA) is 25.8 Å². The number of hydrogen-bond donors (Lipinski definition) is 0. The first-order valence-electron chi connectivity index (χ1n) is 2.72. The summed E-state index contributed by atoms with van der Waals surface area (Å²) in [7, 11) is 0. The number of hydrogen-bond acceptors (Lipinski definition) is 3. The molecule has 0 bridgehead atoms. The van der Waals surface area contributed by atoms with Crippen LogP contribution in [0.15, 0.2) is 4.90 Å². The third-order valence-electron chi connectivity index (χ3n) is 0.954. The highest BCUT2D eigenvalue weighted by atomic mass is 35.5. The molecule has 0 radical (unpaired) electrons. The maximum absolute atomic E-state index is 5.71. The Morgan fingerprint density at radius 3 is 2.00 bits per heavy atom. The standard InChI is InChI=1S/C5H2Cl4N2S/c6-1-12-2-3(7)10-5(9)11-4(2)8/h1H2. The largest absolute Gasteiger partial charge is 0.225 e. The molecule has 0 aliphatic carbocycles. The van der Waals surface area contributed by atoms with Crippen molar-refractivity contribution < 1.29 is 0 Å². The lowest BCUT2D eigenvalue weighted by atomic mass is 10.7. The molecule has 2 nitrogen and oxygen atoms in total. The molecule has 0 saturated carbocycles. The predicted octanol–water partition coefficient (Wildman–Crippen LogP) is 3.73. The first-order chi connectivity index (χ1) is 5.65. The third-order valence-corrected chi connectivity index (χ3v) is 3.01. The highest BCUT2D eigenvalue weighted by Crippen LogP contribution is 2.32. The van der Waals surface area contributed by atoms with Crippen LogP contribution in [0.4, 0.5) is 0 Å². The average molecular weight is 264 g/mol. The number of halogens is 4. The van der Waals surface area contributed by atoms with Crippen LogP contribution in [-0.4, -0.2) is 15.2 Å². The van der Waals surface area contributed by atoms with Crippen molar-refractivity contribution in [2.45, 2.75) is 4.90 Å². The molecule has 0 aliphatic heterocycles. The van der Waals surface area contributed by atoms with Crippen molar-refractivity contribution in [3.05, 3.63) is 15.6 Å². The van der Waals surface area contributed by atoms with Gasteiger partial charge in [-0.3, -0.25) is 0 Å². The molecule has 0 amide bonds. The van der Waals surface area contributed by atoms with Crippen LogP contribution in [0.25, 0.3) is 0 Å². The van der Waals surface area contributed by atoms with Gasteiger partial charge in [0.15, 0.2) is 0 Å². The van der Waals surface area contributed by atoms with E-state index in [1.165, 1.54) is 11.8 Å². The summed E-state index contributed by atoms with van der Waals surface area (Å²) >= 11 is 23.6. The molecule has 7 heteroatoms. The molecule has 0 aliphatic rings. The van der Waals surface area contributed by atoms with Crippen LogP contribution in [-0.2, 0) is 0 Å². The molecule has 1 aromatic heterocycles. The number of rotatable bonds is 2. The van der Waals surface area contributed by atoms with Gasteiger partial charge in [-0.05, 0) is 11.6 Å². The quantitative estimate of drug-likeness (QED) is 0.352. The first-order valence-corrected chi connectivity index (χ1v) is 5.38. The van der Waals surface area contributed by atoms with E-state index in [2.05, 4.69) is 9.97 Å². The van der Waals surface area contributed by atoms with Crippen LogP contribution < -0.4 is 0 Å². The van der Waals surface area contributed by atoms with Gasteiger partial charge in [-0.2, -0.15) is 0 Å². The highest BCUT2D eigenvalue weighted by molar-refractivity contribution is 8.00. The lowest BCUT2D eigenvalue weighted by Gasteiger charge is -2.01. The van der Waals surface area contributed by atoms with Gasteiger partial charge in [-0.1, -0.05) is 23.2 Å². The van der Waals surface area contributed by atoms with E-state index in [9.17, 15) is 0 Å². The smallest absolute Gasteiger partial charge is 0.205 e. The van der Waals surface area contributed by atoms with Crippen LogP contribution in [0.2, 0.25) is 15.6 Å². The molecule has 1 heterocycles. The maximum Gasteiger partial charge on any atom is 0.225 e. The van der Waals surface area contributed by atoms with Gasteiger partial charge in [-0.25, -0.2) is 9.97 Å². The molecule has 0 atom stereocenters. The number of thioether (sulfide) groups is 1. The minimum atomic E-state index is 0.0314. The Hall–Kier alpha value is 0.590. The first kappa shape index (κ1) is 10.7. The summed E-state index contributed by atoms with van der Waals surface area (Å²) in [6, 6.07) is 0. The van der Waals surface area contributed by atoms with E-state index in [4.69, 9.17) is 46.4 Å². The lowest BCUT2D eigenvalue weighted by Crippen LogP contribution is -1.88. The van der Waals surface area contributed by atoms with Gasteiger partial charge in [0.2, 0.25) is 5.28 Å². The van der Waals surface area contributed by atoms with Crippen LogP contribution in [0.3, 0.4) is 0 Å². The zero-order valence-electron chi connectivity index (χ0n) is 5.52. The van der Waals surface area contributed by atoms with Crippen LogP contribution in [0, 0.1) is 0 Å². The molecule has 1 rings (SSSR count). The molecule has 0 N–H and O–H groups in total. The number of alkyl halides is 1. The van der Waals surface area contributed by atoms with Crippen LogP contribution >= 0.6 is 58.2 Å². The molecular weight excluding hydrogens is 262 g/mol. The van der Waals surface area contributed by atoms with E-state index in [1.807, 2.05) is 0 Å². The fourth-order valence-electron chi connectivity index (χ4n) is 0.547. The van der Waals surface area contributed by atoms with Crippen molar-refractivity contribution in [2.75, 3.05) is 5.21 Å². The van der Waals surface area contributed by atoms with E-state index in [0.717, 1.165) is 0 Å². The molecule has 12 heavy (non-hydrogen) atoms. The summed E-state index contributed by atoms with van der Waals surface area (Å²) in [5, 5.41) is 0.824. The van der Waals surface area contributed by atoms with E-state index in [-0.39, 0.29) is 15.6 Å². The van der Waals surface area contributed by atoms with E-state index >= 15 is 0 Å². The van der Waals surface area contributed by atoms with Crippen LogP contribution in [0.1, 0.15) is 0 Å². The fourth-order valence-corrected chi connectivity index (χ4v) is 2.28. The minimum absolute atomic E-state index is 0.0314. The van der Waals surface area contributed by atoms with Gasteiger partial charge in [-0.15, -0.1) is 23.4 Å². The Labute approximate surface area is 93.6 Å². The minimum Gasteiger partial charge on any atom is -0.205 e. The monoisotopic (exact) mass is 262 g/mol. The summed E-state index contributed by atoms with van der Waals surface area (Å²) in [5.41, 5.74) is 0. The van der Waals surface area contributed by atoms with Gasteiger partial charge in [0.25, 0.3) is 0 Å². The Morgan fingerprint density at radius 2 is 1.58 bits per heavy atom. The summed E-state index contributed by atoms with van der Waals surface area (Å²) in [4.78, 5) is 7.97. The zero-order chi connectivity index (χ0) is 9.14. The summed E-state index contributed by atoms with van der Waals surface area (Å²) < 4.78 is 0. The molecule has 0 spiro atoms. The molecule has 66 valence electrons. The van der Waals surface area contributed by atoms with Gasteiger partial charge < -0.3 is 0 Å². The van der Waals surface area contributed by atoms with Crippen LogP contribution in [0.5, 0.6) is 0 Å². The maximum atomic E-state index is 5.71. The summed E-state index contributed by atoms with van der Waals surface area (Å²) in [5.74, 6) is 0. The second kappa shape index (κ2) is 4.72. The second-order valence-electron chi connectivity index (χ2n) is 1.66. The van der Waals surface area contributed by atoms with E-state index in [1.54, 1.807) is 0 Å². The lowest BCUT2D eigenvalue weighted by molar-refractivity contribution is 1.10. The van der Waals surface area contributed by atoms with Gasteiger partial charge in [0.1, 0.15) is 10.3 Å². The van der Waals surface area contributed by atoms with Gasteiger partial charge >= 0.3 is 0 Å². The molecular formula is C5H2Cl4N2S. The zero-order valence-corrected chi connectivity index (χ0v) is 9.36. The van der Waals surface area contributed by atoms with E-state index < -0.39 is 0 Å². The molecule has 1 aromatic rings. The Bertz CT molecular complexity index is 270. The van der Waals surface area contributed by atoms with Crippen molar-refractivity contribution in [3.63, 3.8) is 0 Å². The van der Waals surface area contributed by atoms with Crippen molar-refractivity contribution >= 4 is 58.2 Å². The number of aromatic nitrogens is 2. The molecule has 0 aromatic carbocycles. The van der Waals surface area contributed by atoms with E-state index in [0.29, 0.717) is 10.1 Å². The van der Waals surface area contributed by atoms with Gasteiger partial charge in [0, 0.05) is 0 Å². The number of nitrogens with zero attached hydrogens (tertiary/aromatic N) is 2. The summed E-state index contributed by atoms with van der Waals surface area (Å²) in [6.07, 6.45) is 0. The van der Waals surface area contributed by atoms with Gasteiger partial charge in [0.05, 0.1) is 10.1 Å². The summed E-state index contributed by atoms with van der Waals surface area (Å²) in [6.45, 7) is 0. The predicted molar refractivity (Wildman–Crippen MR) is 53.6 cm³/mol. The second-order valence-corrected chi connectivity index (χ2v) is 4.28. The fraction of sp³-hybridized carbons (Fsp3) is 0.200. The van der Waals surface area contributed by atoms with Crippen molar-refractivity contribution in [2.24, 2.45) is 0 Å². The molecule has 0 saturated heterocycles. The highest BCUT2D eigenvalue weighted by Gasteiger charge is 2.10. The SMILES string of the molecule is ClCSc1c(Cl)nc(Cl)nc1Cl. The van der Waals surface area contributed by atoms with Crippen molar-refractivity contribution in [3.8, 4) is 0 Å². The van der Waals surface area contributed by atoms with Crippen molar-refractivity contribution in [1.29, 1.82) is 0 Å². The van der Waals surface area contributed by atoms with Crippen molar-refractivity contribution in [1.82, 2.24) is 9.97 Å². The molecule has 0 fully saturated rings. The Morgan fingerprint density at radius 1 is 1.08 bits per heavy atom. The average Bonchev–Trinajstić information content (AvgIpc) is 1.96. The normalized spacial score (nSPS) is 10.3. The third kappa shape index (κ3) is 2.54. The molecule has 0 unspecified atom stereocenters. The Balaban J connectivity index is 3.10. The Kier molecular flexibility index (Phi) is 4.20.